The van der Waals surface area contributed by atoms with Crippen molar-refractivity contribution in [2.24, 2.45) is 5.92 Å². The van der Waals surface area contributed by atoms with E-state index in [1.807, 2.05) is 49.3 Å². The van der Waals surface area contributed by atoms with Crippen LogP contribution in [-0.2, 0) is 11.2 Å². The number of aromatic nitrogens is 1. The molecule has 1 saturated carbocycles. The summed E-state index contributed by atoms with van der Waals surface area (Å²) in [5.74, 6) is -0.437. The third kappa shape index (κ3) is 3.01. The number of ether oxygens (including phenoxy) is 1. The molecule has 168 valence electrons. The van der Waals surface area contributed by atoms with Crippen molar-refractivity contribution >= 4 is 11.6 Å². The Labute approximate surface area is 197 Å². The molecule has 1 aliphatic heterocycles. The second kappa shape index (κ2) is 7.82. The van der Waals surface area contributed by atoms with Gasteiger partial charge in [0.05, 0.1) is 22.8 Å². The maximum Gasteiger partial charge on any atom is 0.181 e. The molecule has 1 aliphatic carbocycles. The van der Waals surface area contributed by atoms with Gasteiger partial charge in [0.1, 0.15) is 11.4 Å². The first-order valence-corrected chi connectivity index (χ1v) is 11.2. The average molecular weight is 462 g/mol. The van der Waals surface area contributed by atoms with E-state index in [9.17, 15) is 15.5 Å². The first-order valence-electron chi connectivity index (χ1n) is 10.8. The summed E-state index contributed by atoms with van der Waals surface area (Å²) >= 11 is 6.21. The smallest absolute Gasteiger partial charge is 0.181 e. The van der Waals surface area contributed by atoms with E-state index in [4.69, 9.17) is 16.3 Å². The maximum absolute atomic E-state index is 12.4. The van der Waals surface area contributed by atoms with Crippen molar-refractivity contribution in [2.75, 3.05) is 20.6 Å². The van der Waals surface area contributed by atoms with Gasteiger partial charge in [-0.3, -0.25) is 4.98 Å². The zero-order valence-corrected chi connectivity index (χ0v) is 19.1. The molecule has 0 radical (unpaired) electrons. The van der Waals surface area contributed by atoms with Gasteiger partial charge in [0, 0.05) is 30.6 Å². The summed E-state index contributed by atoms with van der Waals surface area (Å²) in [4.78, 5) is 6.43. The third-order valence-corrected chi connectivity index (χ3v) is 7.10. The normalized spacial score (nSPS) is 29.9. The number of pyridine rings is 1. The number of halogens is 1. The standard InChI is InChI=1S/C26H24ClN3O3/c1-30(2)15-20-22(17-6-4-3-5-7-17)26(18-10-8-16(13-28)9-11-18)25(32,24(20)31)23-21(33-26)12-19(27)14-29-23/h3-12,14,20,22,24,31-32H,15H2,1-2H3/t20-,22-,24-,25+,26+/m1/s1. The monoisotopic (exact) mass is 461 g/mol. The lowest BCUT2D eigenvalue weighted by Crippen LogP contribution is -2.52. The van der Waals surface area contributed by atoms with E-state index in [1.54, 1.807) is 30.3 Å². The molecule has 2 N–H and O–H groups in total. The topological polar surface area (TPSA) is 89.6 Å². The molecule has 0 bridgehead atoms. The Kier molecular flexibility index (Phi) is 5.19. The van der Waals surface area contributed by atoms with E-state index in [0.29, 0.717) is 28.4 Å². The average Bonchev–Trinajstić information content (AvgIpc) is 3.17. The Morgan fingerprint density at radius 2 is 1.85 bits per heavy atom. The Hall–Kier alpha value is -2.95. The van der Waals surface area contributed by atoms with Gasteiger partial charge in [0.15, 0.2) is 11.2 Å². The van der Waals surface area contributed by atoms with Crippen LogP contribution in [0.15, 0.2) is 66.9 Å². The van der Waals surface area contributed by atoms with E-state index >= 15 is 0 Å². The molecule has 0 amide bonds. The van der Waals surface area contributed by atoms with Gasteiger partial charge in [0.25, 0.3) is 0 Å². The number of benzene rings is 2. The Balaban J connectivity index is 1.83. The molecule has 3 aromatic rings. The van der Waals surface area contributed by atoms with Crippen LogP contribution in [0.4, 0.5) is 0 Å². The van der Waals surface area contributed by atoms with Crippen LogP contribution in [0.1, 0.15) is 28.3 Å². The van der Waals surface area contributed by atoms with Crippen LogP contribution in [0.25, 0.3) is 0 Å². The van der Waals surface area contributed by atoms with Gasteiger partial charge in [0.2, 0.25) is 0 Å². The number of rotatable bonds is 4. The quantitative estimate of drug-likeness (QED) is 0.618. The fraction of sp³-hybridized carbons (Fsp3) is 0.308. The first kappa shape index (κ1) is 21.9. The molecule has 33 heavy (non-hydrogen) atoms. The Morgan fingerprint density at radius 3 is 2.48 bits per heavy atom. The number of aliphatic hydroxyl groups is 2. The molecule has 5 atom stereocenters. The highest BCUT2D eigenvalue weighted by atomic mass is 35.5. The van der Waals surface area contributed by atoms with Crippen molar-refractivity contribution in [3.05, 3.63) is 94.3 Å². The summed E-state index contributed by atoms with van der Waals surface area (Å²) in [6.07, 6.45) is 0.288. The van der Waals surface area contributed by atoms with Crippen LogP contribution >= 0.6 is 11.6 Å². The highest BCUT2D eigenvalue weighted by Gasteiger charge is 2.76. The molecule has 5 rings (SSSR count). The molecule has 0 saturated heterocycles. The van der Waals surface area contributed by atoms with Gasteiger partial charge in [-0.25, -0.2) is 0 Å². The summed E-state index contributed by atoms with van der Waals surface area (Å²) in [7, 11) is 3.88. The fourth-order valence-electron chi connectivity index (χ4n) is 5.69. The molecule has 0 spiro atoms. The Bertz CT molecular complexity index is 1230. The number of aliphatic hydroxyl groups excluding tert-OH is 1. The van der Waals surface area contributed by atoms with Crippen LogP contribution in [0, 0.1) is 17.2 Å². The molecule has 1 fully saturated rings. The number of hydrogen-bond acceptors (Lipinski definition) is 6. The minimum Gasteiger partial charge on any atom is -0.476 e. The number of nitriles is 1. The fourth-order valence-corrected chi connectivity index (χ4v) is 5.83. The van der Waals surface area contributed by atoms with E-state index < -0.39 is 23.2 Å². The van der Waals surface area contributed by atoms with Crippen LogP contribution in [0.5, 0.6) is 5.75 Å². The Morgan fingerprint density at radius 1 is 1.15 bits per heavy atom. The second-order valence-electron chi connectivity index (χ2n) is 9.05. The van der Waals surface area contributed by atoms with Gasteiger partial charge in [-0.2, -0.15) is 5.26 Å². The van der Waals surface area contributed by atoms with Crippen LogP contribution in [0.3, 0.4) is 0 Å². The highest BCUT2D eigenvalue weighted by Crippen LogP contribution is 2.68. The second-order valence-corrected chi connectivity index (χ2v) is 9.49. The molecule has 7 heteroatoms. The molecule has 2 heterocycles. The third-order valence-electron chi connectivity index (χ3n) is 6.89. The minimum absolute atomic E-state index is 0.269. The molecule has 2 aliphatic rings. The lowest BCUT2D eigenvalue weighted by Gasteiger charge is -2.40. The van der Waals surface area contributed by atoms with Crippen molar-refractivity contribution in [2.45, 2.75) is 23.2 Å². The van der Waals surface area contributed by atoms with Crippen LogP contribution in [-0.4, -0.2) is 46.8 Å². The summed E-state index contributed by atoms with van der Waals surface area (Å²) in [5.41, 5.74) is -0.846. The van der Waals surface area contributed by atoms with E-state index in [2.05, 4.69) is 11.1 Å². The molecule has 6 nitrogen and oxygen atoms in total. The minimum atomic E-state index is -1.83. The summed E-state index contributed by atoms with van der Waals surface area (Å²) in [5, 5.41) is 33.9. The summed E-state index contributed by atoms with van der Waals surface area (Å²) < 4.78 is 6.65. The maximum atomic E-state index is 12.4. The first-order chi connectivity index (χ1) is 15.8. The zero-order valence-electron chi connectivity index (χ0n) is 18.3. The summed E-state index contributed by atoms with van der Waals surface area (Å²) in [6.45, 7) is 0.521. The van der Waals surface area contributed by atoms with Crippen molar-refractivity contribution in [3.63, 3.8) is 0 Å². The van der Waals surface area contributed by atoms with Crippen molar-refractivity contribution in [1.29, 1.82) is 5.26 Å². The van der Waals surface area contributed by atoms with Crippen LogP contribution in [0.2, 0.25) is 5.02 Å². The van der Waals surface area contributed by atoms with Gasteiger partial charge < -0.3 is 19.8 Å². The van der Waals surface area contributed by atoms with Gasteiger partial charge in [-0.05, 0) is 37.4 Å². The van der Waals surface area contributed by atoms with Crippen molar-refractivity contribution in [1.82, 2.24) is 9.88 Å². The lowest BCUT2D eigenvalue weighted by molar-refractivity contribution is -0.153. The van der Waals surface area contributed by atoms with Crippen molar-refractivity contribution in [3.8, 4) is 11.8 Å². The molecule has 2 aromatic carbocycles. The van der Waals surface area contributed by atoms with E-state index in [1.165, 1.54) is 6.20 Å². The summed E-state index contributed by atoms with van der Waals surface area (Å²) in [6, 6.07) is 20.5. The lowest BCUT2D eigenvalue weighted by atomic mass is 9.71. The molecular formula is C26H24ClN3O3. The number of fused-ring (bicyclic) bond motifs is 3. The van der Waals surface area contributed by atoms with Crippen LogP contribution < -0.4 is 4.74 Å². The zero-order chi connectivity index (χ0) is 23.4. The van der Waals surface area contributed by atoms with Crippen molar-refractivity contribution < 1.29 is 14.9 Å². The highest BCUT2D eigenvalue weighted by molar-refractivity contribution is 6.30. The van der Waals surface area contributed by atoms with Gasteiger partial charge in [-0.15, -0.1) is 0 Å². The predicted octanol–water partition coefficient (Wildman–Crippen LogP) is 3.42. The molecule has 0 unspecified atom stereocenters. The largest absolute Gasteiger partial charge is 0.476 e. The van der Waals surface area contributed by atoms with Gasteiger partial charge >= 0.3 is 0 Å². The van der Waals surface area contributed by atoms with Gasteiger partial charge in [-0.1, -0.05) is 54.1 Å². The predicted molar refractivity (Wildman–Crippen MR) is 124 cm³/mol. The molecule has 1 aromatic heterocycles. The van der Waals surface area contributed by atoms with E-state index in [0.717, 1.165) is 5.56 Å². The SMILES string of the molecule is CN(C)C[C@H]1[C@@H](O)[C@@]2(O)c3ncc(Cl)cc3O[C@@]2(c2ccc(C#N)cc2)[C@@H]1c1ccccc1. The number of nitrogens with zero attached hydrogens (tertiary/aromatic N) is 3. The molecular weight excluding hydrogens is 438 g/mol. The number of hydrogen-bond donors (Lipinski definition) is 2. The van der Waals surface area contributed by atoms with E-state index in [-0.39, 0.29) is 11.6 Å².